The van der Waals surface area contributed by atoms with Crippen LogP contribution in [-0.4, -0.2) is 40.0 Å². The number of hydrogen-bond acceptors (Lipinski definition) is 3. The standard InChI is InChI=1S/C12H20N4O/c1-15-9-6-14-11(15)10-13-5-4-12(17)16-7-2-3-8-16/h6,9,13H,2-5,7-8,10H2,1H3. The summed E-state index contributed by atoms with van der Waals surface area (Å²) in [6.45, 7) is 3.33. The van der Waals surface area contributed by atoms with Crippen LogP contribution in [0.15, 0.2) is 12.4 Å². The van der Waals surface area contributed by atoms with Crippen molar-refractivity contribution >= 4 is 5.91 Å². The molecule has 17 heavy (non-hydrogen) atoms. The molecule has 0 unspecified atom stereocenters. The molecule has 0 aromatic carbocycles. The van der Waals surface area contributed by atoms with Crippen molar-refractivity contribution < 1.29 is 4.79 Å². The first kappa shape index (κ1) is 12.1. The van der Waals surface area contributed by atoms with Gasteiger partial charge in [0.25, 0.3) is 0 Å². The first-order valence-electron chi connectivity index (χ1n) is 6.22. The molecule has 5 nitrogen and oxygen atoms in total. The molecule has 0 atom stereocenters. The van der Waals surface area contributed by atoms with Crippen molar-refractivity contribution in [3.05, 3.63) is 18.2 Å². The second-order valence-corrected chi connectivity index (χ2v) is 4.47. The molecule has 1 aromatic rings. The summed E-state index contributed by atoms with van der Waals surface area (Å²) >= 11 is 0. The minimum atomic E-state index is 0.273. The number of nitrogens with zero attached hydrogens (tertiary/aromatic N) is 3. The van der Waals surface area contributed by atoms with E-state index in [4.69, 9.17) is 0 Å². The Morgan fingerprint density at radius 3 is 2.88 bits per heavy atom. The topological polar surface area (TPSA) is 50.2 Å². The van der Waals surface area contributed by atoms with Crippen LogP contribution < -0.4 is 5.32 Å². The molecule has 1 aromatic heterocycles. The number of carbonyl (C=O) groups excluding carboxylic acids is 1. The molecular formula is C12H20N4O. The molecule has 0 saturated carbocycles. The lowest BCUT2D eigenvalue weighted by Gasteiger charge is -2.15. The molecule has 94 valence electrons. The molecule has 1 amide bonds. The van der Waals surface area contributed by atoms with Crippen molar-refractivity contribution in [3.8, 4) is 0 Å². The van der Waals surface area contributed by atoms with Gasteiger partial charge in [0.05, 0.1) is 6.54 Å². The SMILES string of the molecule is Cn1ccnc1CNCCC(=O)N1CCCC1. The predicted molar refractivity (Wildman–Crippen MR) is 65.3 cm³/mol. The van der Waals surface area contributed by atoms with Crippen molar-refractivity contribution in [2.45, 2.75) is 25.8 Å². The summed E-state index contributed by atoms with van der Waals surface area (Å²) < 4.78 is 1.98. The van der Waals surface area contributed by atoms with E-state index in [0.717, 1.165) is 44.8 Å². The molecular weight excluding hydrogens is 216 g/mol. The van der Waals surface area contributed by atoms with E-state index in [-0.39, 0.29) is 5.91 Å². The Kier molecular flexibility index (Phi) is 4.14. The molecule has 0 spiro atoms. The van der Waals surface area contributed by atoms with Crippen LogP contribution in [0.1, 0.15) is 25.1 Å². The first-order chi connectivity index (χ1) is 8.27. The van der Waals surface area contributed by atoms with Crippen LogP contribution in [0, 0.1) is 0 Å². The quantitative estimate of drug-likeness (QED) is 0.758. The zero-order valence-corrected chi connectivity index (χ0v) is 10.4. The summed E-state index contributed by atoms with van der Waals surface area (Å²) in [6.07, 6.45) is 6.61. The monoisotopic (exact) mass is 236 g/mol. The maximum atomic E-state index is 11.7. The summed E-state index contributed by atoms with van der Waals surface area (Å²) in [6, 6.07) is 0. The molecule has 1 aliphatic heterocycles. The summed E-state index contributed by atoms with van der Waals surface area (Å²) in [7, 11) is 1.97. The van der Waals surface area contributed by atoms with Gasteiger partial charge in [0.2, 0.25) is 5.91 Å². The van der Waals surface area contributed by atoms with Crippen molar-refractivity contribution in [1.29, 1.82) is 0 Å². The van der Waals surface area contributed by atoms with E-state index >= 15 is 0 Å². The fourth-order valence-electron chi connectivity index (χ4n) is 2.09. The maximum Gasteiger partial charge on any atom is 0.223 e. The van der Waals surface area contributed by atoms with E-state index in [1.165, 1.54) is 0 Å². The lowest BCUT2D eigenvalue weighted by molar-refractivity contribution is -0.130. The van der Waals surface area contributed by atoms with Gasteiger partial charge in [-0.05, 0) is 12.8 Å². The van der Waals surface area contributed by atoms with Gasteiger partial charge in [-0.15, -0.1) is 0 Å². The highest BCUT2D eigenvalue weighted by atomic mass is 16.2. The van der Waals surface area contributed by atoms with Gasteiger partial charge in [0.1, 0.15) is 5.82 Å². The average Bonchev–Trinajstić information content (AvgIpc) is 2.96. The van der Waals surface area contributed by atoms with Gasteiger partial charge in [0, 0.05) is 45.5 Å². The zero-order valence-electron chi connectivity index (χ0n) is 10.4. The van der Waals surface area contributed by atoms with E-state index in [1.54, 1.807) is 6.20 Å². The normalized spacial score (nSPS) is 15.5. The average molecular weight is 236 g/mol. The molecule has 5 heteroatoms. The molecule has 0 bridgehead atoms. The number of rotatable bonds is 5. The second kappa shape index (κ2) is 5.82. The number of imidazole rings is 1. The third kappa shape index (κ3) is 3.30. The fraction of sp³-hybridized carbons (Fsp3) is 0.667. The predicted octanol–water partition coefficient (Wildman–Crippen LogP) is 0.522. The van der Waals surface area contributed by atoms with E-state index in [2.05, 4.69) is 10.3 Å². The molecule has 2 rings (SSSR count). The second-order valence-electron chi connectivity index (χ2n) is 4.47. The number of nitrogens with one attached hydrogen (secondary N) is 1. The summed E-state index contributed by atoms with van der Waals surface area (Å²) in [5.41, 5.74) is 0. The van der Waals surface area contributed by atoms with Crippen molar-refractivity contribution in [3.63, 3.8) is 0 Å². The highest BCUT2D eigenvalue weighted by molar-refractivity contribution is 5.76. The molecule has 1 aliphatic rings. The third-order valence-corrected chi connectivity index (χ3v) is 3.18. The fourth-order valence-corrected chi connectivity index (χ4v) is 2.09. The van der Waals surface area contributed by atoms with Gasteiger partial charge < -0.3 is 14.8 Å². The van der Waals surface area contributed by atoms with Crippen LogP contribution in [0.5, 0.6) is 0 Å². The van der Waals surface area contributed by atoms with Crippen LogP contribution in [0.25, 0.3) is 0 Å². The summed E-state index contributed by atoms with van der Waals surface area (Å²) in [5.74, 6) is 1.27. The molecule has 0 radical (unpaired) electrons. The van der Waals surface area contributed by atoms with E-state index < -0.39 is 0 Å². The number of aromatic nitrogens is 2. The van der Waals surface area contributed by atoms with Crippen molar-refractivity contribution in [1.82, 2.24) is 19.8 Å². The lowest BCUT2D eigenvalue weighted by atomic mass is 10.3. The van der Waals surface area contributed by atoms with Gasteiger partial charge in [0.15, 0.2) is 0 Å². The van der Waals surface area contributed by atoms with Crippen LogP contribution in [-0.2, 0) is 18.4 Å². The molecule has 1 fully saturated rings. The Morgan fingerprint density at radius 2 is 2.24 bits per heavy atom. The van der Waals surface area contributed by atoms with E-state index in [9.17, 15) is 4.79 Å². The van der Waals surface area contributed by atoms with Crippen LogP contribution in [0.2, 0.25) is 0 Å². The number of hydrogen-bond donors (Lipinski definition) is 1. The van der Waals surface area contributed by atoms with Crippen LogP contribution >= 0.6 is 0 Å². The van der Waals surface area contributed by atoms with Crippen molar-refractivity contribution in [2.75, 3.05) is 19.6 Å². The zero-order chi connectivity index (χ0) is 12.1. The Bertz CT molecular complexity index is 368. The van der Waals surface area contributed by atoms with E-state index in [0.29, 0.717) is 6.42 Å². The molecule has 1 N–H and O–H groups in total. The van der Waals surface area contributed by atoms with Gasteiger partial charge >= 0.3 is 0 Å². The molecule has 1 saturated heterocycles. The summed E-state index contributed by atoms with van der Waals surface area (Å²) in [4.78, 5) is 17.9. The number of amides is 1. The van der Waals surface area contributed by atoms with Gasteiger partial charge in [-0.25, -0.2) is 4.98 Å². The van der Waals surface area contributed by atoms with Crippen LogP contribution in [0.3, 0.4) is 0 Å². The third-order valence-electron chi connectivity index (χ3n) is 3.18. The Morgan fingerprint density at radius 1 is 1.47 bits per heavy atom. The van der Waals surface area contributed by atoms with Crippen molar-refractivity contribution in [2.24, 2.45) is 7.05 Å². The van der Waals surface area contributed by atoms with Gasteiger partial charge in [-0.2, -0.15) is 0 Å². The number of likely N-dealkylation sites (tertiary alicyclic amines) is 1. The number of carbonyl (C=O) groups is 1. The lowest BCUT2D eigenvalue weighted by Crippen LogP contribution is -2.30. The molecule has 2 heterocycles. The molecule has 0 aliphatic carbocycles. The largest absolute Gasteiger partial charge is 0.343 e. The Labute approximate surface area is 102 Å². The van der Waals surface area contributed by atoms with Gasteiger partial charge in [-0.3, -0.25) is 4.79 Å². The minimum Gasteiger partial charge on any atom is -0.343 e. The highest BCUT2D eigenvalue weighted by Gasteiger charge is 2.16. The van der Waals surface area contributed by atoms with Crippen LogP contribution in [0.4, 0.5) is 0 Å². The minimum absolute atomic E-state index is 0.273. The highest BCUT2D eigenvalue weighted by Crippen LogP contribution is 2.08. The Hall–Kier alpha value is -1.36. The Balaban J connectivity index is 1.63. The maximum absolute atomic E-state index is 11.7. The smallest absolute Gasteiger partial charge is 0.223 e. The first-order valence-corrected chi connectivity index (χ1v) is 6.22. The van der Waals surface area contributed by atoms with E-state index in [1.807, 2.05) is 22.7 Å². The van der Waals surface area contributed by atoms with Gasteiger partial charge in [-0.1, -0.05) is 0 Å². The number of aryl methyl sites for hydroxylation is 1. The summed E-state index contributed by atoms with van der Waals surface area (Å²) in [5, 5.41) is 3.25.